The van der Waals surface area contributed by atoms with Crippen LogP contribution in [0.2, 0.25) is 0 Å². The van der Waals surface area contributed by atoms with E-state index in [1.165, 1.54) is 24.3 Å². The van der Waals surface area contributed by atoms with Crippen LogP contribution >= 0.6 is 0 Å². The zero-order chi connectivity index (χ0) is 21.8. The fourth-order valence-corrected chi connectivity index (χ4v) is 2.89. The molecule has 0 aliphatic carbocycles. The molecule has 0 aliphatic heterocycles. The molecule has 0 atom stereocenters. The number of carbonyl (C=O) groups excluding carboxylic acids is 1. The third-order valence-corrected chi connectivity index (χ3v) is 4.38. The number of carbonyl (C=O) groups is 1. The number of furan rings is 1. The van der Waals surface area contributed by atoms with Gasteiger partial charge in [-0.1, -0.05) is 17.7 Å². The molecule has 9 heteroatoms. The van der Waals surface area contributed by atoms with E-state index in [2.05, 4.69) is 10.4 Å². The summed E-state index contributed by atoms with van der Waals surface area (Å²) in [7, 11) is 0. The van der Waals surface area contributed by atoms with E-state index in [0.717, 1.165) is 5.56 Å². The topological polar surface area (TPSA) is 112 Å². The number of aromatic nitrogens is 2. The molecule has 1 amide bonds. The molecular weight excluding hydrogens is 400 g/mol. The minimum Gasteiger partial charge on any atom is -0.457 e. The van der Waals surface area contributed by atoms with Crippen LogP contribution < -0.4 is 10.1 Å². The number of aryl methyl sites for hydroxylation is 1. The average molecular weight is 418 g/mol. The Hall–Kier alpha value is -4.40. The van der Waals surface area contributed by atoms with Crippen molar-refractivity contribution < 1.29 is 18.9 Å². The predicted octanol–water partition coefficient (Wildman–Crippen LogP) is 4.79. The van der Waals surface area contributed by atoms with Crippen LogP contribution in [-0.4, -0.2) is 20.6 Å². The van der Waals surface area contributed by atoms with Crippen LogP contribution in [0.15, 0.2) is 77.5 Å². The van der Waals surface area contributed by atoms with E-state index in [0.29, 0.717) is 18.1 Å². The van der Waals surface area contributed by atoms with E-state index in [-0.39, 0.29) is 22.9 Å². The van der Waals surface area contributed by atoms with Crippen LogP contribution in [-0.2, 0) is 6.54 Å². The molecule has 9 nitrogen and oxygen atoms in total. The summed E-state index contributed by atoms with van der Waals surface area (Å²) in [6, 6.07) is 16.3. The van der Waals surface area contributed by atoms with Gasteiger partial charge in [-0.15, -0.1) is 0 Å². The van der Waals surface area contributed by atoms with Gasteiger partial charge in [0.15, 0.2) is 5.76 Å². The van der Waals surface area contributed by atoms with Gasteiger partial charge in [0.05, 0.1) is 23.2 Å². The highest BCUT2D eigenvalue weighted by molar-refractivity contribution is 6.02. The molecule has 4 aromatic rings. The van der Waals surface area contributed by atoms with Gasteiger partial charge in [-0.25, -0.2) is 0 Å². The summed E-state index contributed by atoms with van der Waals surface area (Å²) in [6.45, 7) is 2.32. The number of nitrogens with one attached hydrogen (secondary N) is 1. The molecule has 156 valence electrons. The van der Waals surface area contributed by atoms with E-state index >= 15 is 0 Å². The van der Waals surface area contributed by atoms with Crippen LogP contribution in [0.5, 0.6) is 11.5 Å². The molecule has 0 saturated heterocycles. The van der Waals surface area contributed by atoms with Crippen molar-refractivity contribution >= 4 is 17.3 Å². The van der Waals surface area contributed by atoms with Crippen LogP contribution in [0, 0.1) is 17.0 Å². The number of anilines is 1. The van der Waals surface area contributed by atoms with Crippen molar-refractivity contribution in [1.29, 1.82) is 0 Å². The van der Waals surface area contributed by atoms with Crippen LogP contribution in [0.4, 0.5) is 11.4 Å². The van der Waals surface area contributed by atoms with Gasteiger partial charge in [0.2, 0.25) is 0 Å². The monoisotopic (exact) mass is 418 g/mol. The van der Waals surface area contributed by atoms with Crippen molar-refractivity contribution in [2.45, 2.75) is 13.5 Å². The Morgan fingerprint density at radius 3 is 2.68 bits per heavy atom. The summed E-state index contributed by atoms with van der Waals surface area (Å²) in [5, 5.41) is 18.0. The Morgan fingerprint density at radius 2 is 1.97 bits per heavy atom. The normalized spacial score (nSPS) is 10.6. The van der Waals surface area contributed by atoms with Crippen molar-refractivity contribution in [2.75, 3.05) is 5.32 Å². The lowest BCUT2D eigenvalue weighted by Gasteiger charge is -2.09. The summed E-state index contributed by atoms with van der Waals surface area (Å²) in [4.78, 5) is 23.4. The first-order valence-corrected chi connectivity index (χ1v) is 9.38. The Balaban J connectivity index is 1.52. The summed E-state index contributed by atoms with van der Waals surface area (Å²) in [5.41, 5.74) is 1.06. The second-order valence-electron chi connectivity index (χ2n) is 6.81. The van der Waals surface area contributed by atoms with E-state index < -0.39 is 10.8 Å². The third-order valence-electron chi connectivity index (χ3n) is 4.38. The summed E-state index contributed by atoms with van der Waals surface area (Å²) < 4.78 is 13.0. The summed E-state index contributed by atoms with van der Waals surface area (Å²) >= 11 is 0. The molecule has 0 fully saturated rings. The lowest BCUT2D eigenvalue weighted by atomic mass is 10.2. The van der Waals surface area contributed by atoms with Crippen LogP contribution in [0.3, 0.4) is 0 Å². The van der Waals surface area contributed by atoms with Gasteiger partial charge in [-0.2, -0.15) is 5.10 Å². The van der Waals surface area contributed by atoms with Gasteiger partial charge in [-0.3, -0.25) is 19.6 Å². The summed E-state index contributed by atoms with van der Waals surface area (Å²) in [6.07, 6.45) is 3.43. The van der Waals surface area contributed by atoms with Crippen molar-refractivity contribution in [1.82, 2.24) is 9.78 Å². The maximum Gasteiger partial charge on any atom is 0.291 e. The van der Waals surface area contributed by atoms with E-state index in [9.17, 15) is 14.9 Å². The van der Waals surface area contributed by atoms with E-state index in [4.69, 9.17) is 9.15 Å². The molecule has 2 heterocycles. The van der Waals surface area contributed by atoms with Gasteiger partial charge < -0.3 is 14.5 Å². The molecule has 0 spiro atoms. The highest BCUT2D eigenvalue weighted by Gasteiger charge is 2.16. The highest BCUT2D eigenvalue weighted by atomic mass is 16.6. The maximum atomic E-state index is 12.6. The Morgan fingerprint density at radius 1 is 1.16 bits per heavy atom. The number of nitro benzene ring substituents is 1. The predicted molar refractivity (Wildman–Crippen MR) is 112 cm³/mol. The van der Waals surface area contributed by atoms with Crippen molar-refractivity contribution in [3.8, 4) is 11.5 Å². The standard InChI is InChI=1S/C22H18N4O5/c1-15-3-5-18(6-4-15)30-20-12-16(11-17(13-20)26(28)29)24-22(27)21-8-7-19(31-21)14-25-10-2-9-23-25/h2-13H,14H2,1H3,(H,24,27). The third kappa shape index (κ3) is 4.96. The van der Waals surface area contributed by atoms with Gasteiger partial charge >= 0.3 is 0 Å². The van der Waals surface area contributed by atoms with Crippen LogP contribution in [0.1, 0.15) is 21.9 Å². The SMILES string of the molecule is Cc1ccc(Oc2cc(NC(=O)c3ccc(Cn4cccn4)o3)cc([N+](=O)[O-])c2)cc1. The fraction of sp³-hybridized carbons (Fsp3) is 0.0909. The second-order valence-corrected chi connectivity index (χ2v) is 6.81. The first-order chi connectivity index (χ1) is 15.0. The molecule has 2 aromatic heterocycles. The number of amides is 1. The largest absolute Gasteiger partial charge is 0.457 e. The second kappa shape index (κ2) is 8.54. The van der Waals surface area contributed by atoms with Crippen molar-refractivity contribution in [2.24, 2.45) is 0 Å². The number of nitrogens with zero attached hydrogens (tertiary/aromatic N) is 3. The molecule has 0 radical (unpaired) electrons. The fourth-order valence-electron chi connectivity index (χ4n) is 2.89. The molecule has 1 N–H and O–H groups in total. The molecule has 2 aromatic carbocycles. The highest BCUT2D eigenvalue weighted by Crippen LogP contribution is 2.30. The maximum absolute atomic E-state index is 12.6. The lowest BCUT2D eigenvalue weighted by molar-refractivity contribution is -0.384. The molecule has 0 saturated carbocycles. The van der Waals surface area contributed by atoms with Gasteiger partial charge in [0, 0.05) is 24.5 Å². The van der Waals surface area contributed by atoms with Crippen LogP contribution in [0.25, 0.3) is 0 Å². The van der Waals surface area contributed by atoms with Gasteiger partial charge in [0.25, 0.3) is 11.6 Å². The molecule has 0 unspecified atom stereocenters. The number of ether oxygens (including phenoxy) is 1. The molecule has 4 rings (SSSR count). The molecule has 0 bridgehead atoms. The first kappa shape index (κ1) is 19.9. The Labute approximate surface area is 177 Å². The number of hydrogen-bond donors (Lipinski definition) is 1. The summed E-state index contributed by atoms with van der Waals surface area (Å²) in [5.74, 6) is 0.851. The lowest BCUT2D eigenvalue weighted by Crippen LogP contribution is -2.11. The smallest absolute Gasteiger partial charge is 0.291 e. The Bertz CT molecular complexity index is 1210. The zero-order valence-electron chi connectivity index (χ0n) is 16.5. The number of non-ortho nitro benzene ring substituents is 1. The molecular formula is C22H18N4O5. The number of benzene rings is 2. The Kier molecular flexibility index (Phi) is 5.48. The minimum atomic E-state index is -0.549. The van der Waals surface area contributed by atoms with E-state index in [1.807, 2.05) is 19.1 Å². The van der Waals surface area contributed by atoms with E-state index in [1.54, 1.807) is 41.3 Å². The first-order valence-electron chi connectivity index (χ1n) is 9.38. The van der Waals surface area contributed by atoms with Crippen molar-refractivity contribution in [3.05, 3.63) is 100 Å². The minimum absolute atomic E-state index is 0.0784. The van der Waals surface area contributed by atoms with Gasteiger partial charge in [0.1, 0.15) is 17.3 Å². The number of rotatable bonds is 7. The quantitative estimate of drug-likeness (QED) is 0.341. The number of nitro groups is 1. The molecule has 31 heavy (non-hydrogen) atoms. The average Bonchev–Trinajstić information content (AvgIpc) is 3.42. The van der Waals surface area contributed by atoms with Crippen molar-refractivity contribution in [3.63, 3.8) is 0 Å². The zero-order valence-corrected chi connectivity index (χ0v) is 16.5. The molecule has 0 aliphatic rings. The van der Waals surface area contributed by atoms with Gasteiger partial charge in [-0.05, 0) is 37.3 Å². The number of hydrogen-bond acceptors (Lipinski definition) is 6.